The number of fused-ring (bicyclic) bond motifs is 4. The highest BCUT2D eigenvalue weighted by Crippen LogP contribution is 2.46. The summed E-state index contributed by atoms with van der Waals surface area (Å²) in [6, 6.07) is 14.3. The predicted octanol–water partition coefficient (Wildman–Crippen LogP) is 7.37. The SMILES string of the molecule is Cc1nc(CO)c(-c2ccc3c(c2)CCN(c2ncnc4c2oc2ccccc24)C3)c(N2CCC(C)(C)CC2)c1[C@H](OC(C)(C)C)C(=O)O. The number of carboxylic acids is 1. The molecule has 5 aromatic rings. The summed E-state index contributed by atoms with van der Waals surface area (Å²) in [5.74, 6) is -0.283. The number of aryl methyl sites for hydroxylation is 1. The van der Waals surface area contributed by atoms with Gasteiger partial charge in [-0.1, -0.05) is 44.2 Å². The fourth-order valence-corrected chi connectivity index (χ4v) is 7.37. The zero-order chi connectivity index (χ0) is 34.7. The Labute approximate surface area is 286 Å². The molecule has 256 valence electrons. The lowest BCUT2D eigenvalue weighted by atomic mass is 9.81. The van der Waals surface area contributed by atoms with Gasteiger partial charge in [-0.15, -0.1) is 0 Å². The number of furan rings is 1. The van der Waals surface area contributed by atoms with Crippen LogP contribution >= 0.6 is 0 Å². The summed E-state index contributed by atoms with van der Waals surface area (Å²) in [4.78, 5) is 31.5. The van der Waals surface area contributed by atoms with Crippen LogP contribution in [0.4, 0.5) is 11.5 Å². The van der Waals surface area contributed by atoms with Crippen molar-refractivity contribution in [3.8, 4) is 11.1 Å². The Morgan fingerprint density at radius 3 is 2.51 bits per heavy atom. The Morgan fingerprint density at radius 2 is 1.80 bits per heavy atom. The van der Waals surface area contributed by atoms with Crippen LogP contribution in [0, 0.1) is 12.3 Å². The molecule has 2 N–H and O–H groups in total. The second-order valence-corrected chi connectivity index (χ2v) is 15.2. The second-order valence-electron chi connectivity index (χ2n) is 15.2. The Kier molecular flexibility index (Phi) is 8.35. The average Bonchev–Trinajstić information content (AvgIpc) is 3.45. The summed E-state index contributed by atoms with van der Waals surface area (Å²) >= 11 is 0. The number of rotatable bonds is 7. The van der Waals surface area contributed by atoms with E-state index in [4.69, 9.17) is 14.1 Å². The largest absolute Gasteiger partial charge is 0.479 e. The number of hydrogen-bond donors (Lipinski definition) is 2. The third-order valence-corrected chi connectivity index (χ3v) is 9.96. The van der Waals surface area contributed by atoms with Crippen molar-refractivity contribution in [2.75, 3.05) is 29.4 Å². The van der Waals surface area contributed by atoms with Gasteiger partial charge in [0.15, 0.2) is 17.5 Å². The molecule has 2 aromatic carbocycles. The van der Waals surface area contributed by atoms with Crippen LogP contribution in [0.3, 0.4) is 0 Å². The van der Waals surface area contributed by atoms with Crippen molar-refractivity contribution in [2.45, 2.75) is 85.7 Å². The molecule has 3 aromatic heterocycles. The van der Waals surface area contributed by atoms with Gasteiger partial charge in [-0.2, -0.15) is 0 Å². The van der Waals surface area contributed by atoms with E-state index in [1.54, 1.807) is 6.33 Å². The summed E-state index contributed by atoms with van der Waals surface area (Å²) in [7, 11) is 0. The number of piperidine rings is 1. The topological polar surface area (TPSA) is 125 Å². The van der Waals surface area contributed by atoms with Gasteiger partial charge in [0.2, 0.25) is 0 Å². The van der Waals surface area contributed by atoms with Crippen LogP contribution in [-0.2, 0) is 29.1 Å². The van der Waals surface area contributed by atoms with Crippen molar-refractivity contribution in [3.05, 3.63) is 76.9 Å². The molecular weight excluding hydrogens is 618 g/mol. The Balaban J connectivity index is 1.32. The number of para-hydroxylation sites is 1. The van der Waals surface area contributed by atoms with Crippen LogP contribution in [0.5, 0.6) is 0 Å². The smallest absolute Gasteiger partial charge is 0.337 e. The summed E-state index contributed by atoms with van der Waals surface area (Å²) in [5.41, 5.74) is 8.26. The van der Waals surface area contributed by atoms with E-state index >= 15 is 0 Å². The molecule has 1 atom stereocenters. The first-order valence-corrected chi connectivity index (χ1v) is 17.1. The standard InChI is InChI=1S/C39H45N5O5/c1-23-30(34(37(46)47)49-38(2,3)4)33(43-17-14-39(5,6)15-18-43)31(28(21-45)42-23)25-11-12-26-20-44(16-13-24(26)19-25)36-35-32(40-22-41-36)27-9-7-8-10-29(27)48-35/h7-12,19,22,34,45H,13-18,20-21H2,1-6H3,(H,46,47)/t34-/m0/s1. The summed E-state index contributed by atoms with van der Waals surface area (Å²) in [6.07, 6.45) is 3.07. The first kappa shape index (κ1) is 33.0. The van der Waals surface area contributed by atoms with E-state index in [9.17, 15) is 15.0 Å². The fraction of sp³-hybridized carbons (Fsp3) is 0.436. The number of carbonyl (C=O) groups is 1. The Morgan fingerprint density at radius 1 is 1.04 bits per heavy atom. The number of ether oxygens (including phenoxy) is 1. The van der Waals surface area contributed by atoms with Crippen molar-refractivity contribution in [3.63, 3.8) is 0 Å². The number of aliphatic hydroxyl groups excluding tert-OH is 1. The molecule has 0 radical (unpaired) electrons. The van der Waals surface area contributed by atoms with Crippen molar-refractivity contribution >= 4 is 39.5 Å². The van der Waals surface area contributed by atoms with Crippen LogP contribution in [0.2, 0.25) is 0 Å². The minimum Gasteiger partial charge on any atom is -0.479 e. The normalized spacial score (nSPS) is 17.0. The van der Waals surface area contributed by atoms with Gasteiger partial charge in [-0.25, -0.2) is 14.8 Å². The van der Waals surface area contributed by atoms with Crippen molar-refractivity contribution in [1.29, 1.82) is 0 Å². The number of aliphatic carboxylic acids is 1. The van der Waals surface area contributed by atoms with E-state index in [-0.39, 0.29) is 12.0 Å². The highest BCUT2D eigenvalue weighted by Gasteiger charge is 2.37. The highest BCUT2D eigenvalue weighted by atomic mass is 16.5. The zero-order valence-corrected chi connectivity index (χ0v) is 29.2. The van der Waals surface area contributed by atoms with Gasteiger partial charge >= 0.3 is 5.97 Å². The van der Waals surface area contributed by atoms with E-state index in [0.717, 1.165) is 78.0 Å². The lowest BCUT2D eigenvalue weighted by molar-refractivity contribution is -0.160. The van der Waals surface area contributed by atoms with E-state index in [1.807, 2.05) is 52.0 Å². The number of hydrogen-bond acceptors (Lipinski definition) is 9. The molecule has 2 aliphatic rings. The first-order valence-electron chi connectivity index (χ1n) is 17.1. The van der Waals surface area contributed by atoms with Crippen molar-refractivity contribution < 1.29 is 24.2 Å². The minimum atomic E-state index is -1.22. The Hall–Kier alpha value is -4.54. The molecule has 49 heavy (non-hydrogen) atoms. The molecule has 1 fully saturated rings. The maximum absolute atomic E-state index is 12.9. The first-order chi connectivity index (χ1) is 23.3. The fourth-order valence-electron chi connectivity index (χ4n) is 7.37. The summed E-state index contributed by atoms with van der Waals surface area (Å²) in [5, 5.41) is 22.2. The molecule has 0 saturated carbocycles. The molecule has 0 amide bonds. The number of aliphatic hydroxyl groups is 1. The van der Waals surface area contributed by atoms with Gasteiger partial charge < -0.3 is 29.2 Å². The molecule has 0 spiro atoms. The molecule has 5 heterocycles. The van der Waals surface area contributed by atoms with Crippen molar-refractivity contribution in [1.82, 2.24) is 15.0 Å². The van der Waals surface area contributed by atoms with E-state index in [2.05, 4.69) is 51.8 Å². The number of anilines is 2. The van der Waals surface area contributed by atoms with Gasteiger partial charge in [-0.05, 0) is 81.2 Å². The van der Waals surface area contributed by atoms with Crippen LogP contribution in [0.1, 0.15) is 81.6 Å². The number of aromatic nitrogens is 3. The molecule has 2 aliphatic heterocycles. The van der Waals surface area contributed by atoms with Crippen molar-refractivity contribution in [2.24, 2.45) is 5.41 Å². The van der Waals surface area contributed by atoms with Crippen LogP contribution in [-0.4, -0.2) is 56.4 Å². The average molecular weight is 664 g/mol. The van der Waals surface area contributed by atoms with Gasteiger partial charge in [0.25, 0.3) is 0 Å². The second kappa shape index (κ2) is 12.4. The maximum atomic E-state index is 12.9. The summed E-state index contributed by atoms with van der Waals surface area (Å²) in [6.45, 7) is 14.6. The predicted molar refractivity (Wildman–Crippen MR) is 191 cm³/mol. The number of carboxylic acid groups (broad SMARTS) is 1. The van der Waals surface area contributed by atoms with Gasteiger partial charge in [-0.3, -0.25) is 4.98 Å². The highest BCUT2D eigenvalue weighted by molar-refractivity contribution is 6.05. The third-order valence-electron chi connectivity index (χ3n) is 9.96. The maximum Gasteiger partial charge on any atom is 0.337 e. The minimum absolute atomic E-state index is 0.183. The lowest BCUT2D eigenvalue weighted by Crippen LogP contribution is -2.39. The number of nitrogens with zero attached hydrogens (tertiary/aromatic N) is 5. The van der Waals surface area contributed by atoms with E-state index < -0.39 is 17.7 Å². The van der Waals surface area contributed by atoms with Gasteiger partial charge in [0, 0.05) is 48.4 Å². The van der Waals surface area contributed by atoms with Crippen LogP contribution < -0.4 is 9.80 Å². The van der Waals surface area contributed by atoms with Gasteiger partial charge in [0.1, 0.15) is 17.4 Å². The third kappa shape index (κ3) is 6.24. The number of pyridine rings is 1. The van der Waals surface area contributed by atoms with Crippen LogP contribution in [0.15, 0.2) is 53.2 Å². The Bertz CT molecular complexity index is 2050. The van der Waals surface area contributed by atoms with E-state index in [0.29, 0.717) is 29.1 Å². The van der Waals surface area contributed by atoms with Crippen LogP contribution in [0.25, 0.3) is 33.2 Å². The molecule has 1 saturated heterocycles. The molecule has 7 rings (SSSR count). The monoisotopic (exact) mass is 663 g/mol. The molecular formula is C39H45N5O5. The summed E-state index contributed by atoms with van der Waals surface area (Å²) < 4.78 is 12.5. The molecule has 0 aliphatic carbocycles. The van der Waals surface area contributed by atoms with Gasteiger partial charge in [0.05, 0.1) is 23.6 Å². The molecule has 0 bridgehead atoms. The quantitative estimate of drug-likeness (QED) is 0.182. The molecule has 10 nitrogen and oxygen atoms in total. The zero-order valence-electron chi connectivity index (χ0n) is 29.2. The number of benzene rings is 2. The molecule has 10 heteroatoms. The lowest BCUT2D eigenvalue weighted by Gasteiger charge is -2.41. The van der Waals surface area contributed by atoms with E-state index in [1.165, 1.54) is 11.1 Å². The molecule has 0 unspecified atom stereocenters.